The quantitative estimate of drug-likeness (QED) is 0.538. The van der Waals surface area contributed by atoms with Crippen LogP contribution >= 0.6 is 0 Å². The number of nitrogens with one attached hydrogen (secondary N) is 1. The number of nitrogens with zero attached hydrogens (tertiary/aromatic N) is 3. The molecule has 4 heteroatoms. The molecule has 0 saturated carbocycles. The SMILES string of the molecule is CNc1n[c]ncn1. The minimum absolute atomic E-state index is 0.542. The fourth-order valence-electron chi connectivity index (χ4n) is 0.335. The molecule has 41 valence electrons. The molecule has 1 rings (SSSR count). The molecule has 0 aliphatic carbocycles. The minimum Gasteiger partial charge on any atom is -0.357 e. The van der Waals surface area contributed by atoms with Crippen LogP contribution in [0.3, 0.4) is 0 Å². The van der Waals surface area contributed by atoms with E-state index in [0.29, 0.717) is 5.95 Å². The second-order valence-electron chi connectivity index (χ2n) is 1.16. The van der Waals surface area contributed by atoms with Gasteiger partial charge in [-0.15, -0.1) is 0 Å². The van der Waals surface area contributed by atoms with Gasteiger partial charge in [0.2, 0.25) is 12.3 Å². The van der Waals surface area contributed by atoms with E-state index >= 15 is 0 Å². The molecule has 0 fully saturated rings. The second kappa shape index (κ2) is 2.20. The van der Waals surface area contributed by atoms with Gasteiger partial charge in [-0.05, 0) is 0 Å². The fraction of sp³-hybridized carbons (Fsp3) is 0.250. The summed E-state index contributed by atoms with van der Waals surface area (Å²) in [6, 6.07) is 0. The molecule has 0 aliphatic rings. The number of rotatable bonds is 1. The van der Waals surface area contributed by atoms with Crippen LogP contribution in [0.4, 0.5) is 5.95 Å². The first kappa shape index (κ1) is 4.96. The van der Waals surface area contributed by atoms with Crippen LogP contribution in [0.2, 0.25) is 0 Å². The molecular formula is C4H5N4. The van der Waals surface area contributed by atoms with E-state index in [2.05, 4.69) is 26.6 Å². The number of hydrogen-bond acceptors (Lipinski definition) is 4. The van der Waals surface area contributed by atoms with Crippen molar-refractivity contribution in [3.05, 3.63) is 12.7 Å². The summed E-state index contributed by atoms with van der Waals surface area (Å²) in [6.07, 6.45) is 3.77. The van der Waals surface area contributed by atoms with Crippen molar-refractivity contribution in [2.75, 3.05) is 12.4 Å². The van der Waals surface area contributed by atoms with Crippen molar-refractivity contribution >= 4 is 5.95 Å². The van der Waals surface area contributed by atoms with E-state index in [-0.39, 0.29) is 0 Å². The van der Waals surface area contributed by atoms with Crippen LogP contribution in [-0.2, 0) is 0 Å². The highest BCUT2D eigenvalue weighted by atomic mass is 15.1. The van der Waals surface area contributed by atoms with E-state index in [1.807, 2.05) is 0 Å². The lowest BCUT2D eigenvalue weighted by atomic mass is 10.9. The van der Waals surface area contributed by atoms with Gasteiger partial charge in [0.15, 0.2) is 0 Å². The normalized spacial score (nSPS) is 8.62. The Kier molecular flexibility index (Phi) is 1.37. The Morgan fingerprint density at radius 1 is 1.75 bits per heavy atom. The summed E-state index contributed by atoms with van der Waals surface area (Å²) in [5, 5.41) is 2.73. The van der Waals surface area contributed by atoms with E-state index < -0.39 is 0 Å². The van der Waals surface area contributed by atoms with Gasteiger partial charge in [-0.25, -0.2) is 9.97 Å². The molecule has 0 amide bonds. The van der Waals surface area contributed by atoms with Crippen LogP contribution in [0.15, 0.2) is 6.33 Å². The average Bonchev–Trinajstić information content (AvgIpc) is 1.90. The number of anilines is 1. The fourth-order valence-corrected chi connectivity index (χ4v) is 0.335. The molecule has 0 spiro atoms. The Morgan fingerprint density at radius 3 is 3.00 bits per heavy atom. The van der Waals surface area contributed by atoms with Crippen LogP contribution in [-0.4, -0.2) is 22.0 Å². The molecule has 1 heterocycles. The highest BCUT2D eigenvalue weighted by Gasteiger charge is 1.83. The van der Waals surface area contributed by atoms with E-state index in [1.165, 1.54) is 6.33 Å². The lowest BCUT2D eigenvalue weighted by Gasteiger charge is -1.90. The molecule has 0 unspecified atom stereocenters. The first-order valence-corrected chi connectivity index (χ1v) is 2.16. The topological polar surface area (TPSA) is 50.7 Å². The molecule has 0 aromatic carbocycles. The van der Waals surface area contributed by atoms with Gasteiger partial charge < -0.3 is 5.32 Å². The third kappa shape index (κ3) is 0.900. The smallest absolute Gasteiger partial charge is 0.226 e. The monoisotopic (exact) mass is 109 g/mol. The lowest BCUT2D eigenvalue weighted by Crippen LogP contribution is -1.94. The molecule has 0 saturated heterocycles. The van der Waals surface area contributed by atoms with Gasteiger partial charge in [-0.2, -0.15) is 4.98 Å². The third-order valence-electron chi connectivity index (χ3n) is 0.675. The van der Waals surface area contributed by atoms with E-state index in [0.717, 1.165) is 0 Å². The minimum atomic E-state index is 0.542. The molecular weight excluding hydrogens is 104 g/mol. The van der Waals surface area contributed by atoms with Crippen LogP contribution in [0.5, 0.6) is 0 Å². The number of aromatic nitrogens is 3. The first-order chi connectivity index (χ1) is 3.93. The first-order valence-electron chi connectivity index (χ1n) is 2.16. The Labute approximate surface area is 47.0 Å². The zero-order valence-electron chi connectivity index (χ0n) is 4.42. The van der Waals surface area contributed by atoms with E-state index in [1.54, 1.807) is 7.05 Å². The highest BCUT2D eigenvalue weighted by molar-refractivity contribution is 5.17. The van der Waals surface area contributed by atoms with Gasteiger partial charge in [0.05, 0.1) is 0 Å². The van der Waals surface area contributed by atoms with Crippen molar-refractivity contribution in [2.45, 2.75) is 0 Å². The summed E-state index contributed by atoms with van der Waals surface area (Å²) in [7, 11) is 1.74. The highest BCUT2D eigenvalue weighted by Crippen LogP contribution is 1.85. The van der Waals surface area contributed by atoms with Crippen LogP contribution in [0, 0.1) is 6.33 Å². The summed E-state index contributed by atoms with van der Waals surface area (Å²) >= 11 is 0. The van der Waals surface area contributed by atoms with Crippen molar-refractivity contribution in [1.29, 1.82) is 0 Å². The largest absolute Gasteiger partial charge is 0.357 e. The average molecular weight is 109 g/mol. The van der Waals surface area contributed by atoms with Crippen LogP contribution < -0.4 is 5.32 Å². The Balaban J connectivity index is 2.83. The summed E-state index contributed by atoms with van der Waals surface area (Å²) < 4.78 is 0. The lowest BCUT2D eigenvalue weighted by molar-refractivity contribution is 1.03. The van der Waals surface area contributed by atoms with Gasteiger partial charge in [0.25, 0.3) is 0 Å². The Morgan fingerprint density at radius 2 is 2.62 bits per heavy atom. The summed E-state index contributed by atoms with van der Waals surface area (Å²) in [6.45, 7) is 0. The van der Waals surface area contributed by atoms with Crippen LogP contribution in [0.25, 0.3) is 0 Å². The molecule has 1 N–H and O–H groups in total. The molecule has 0 atom stereocenters. The summed E-state index contributed by atoms with van der Waals surface area (Å²) in [4.78, 5) is 10.9. The third-order valence-corrected chi connectivity index (χ3v) is 0.675. The molecule has 4 nitrogen and oxygen atoms in total. The molecule has 1 radical (unpaired) electrons. The van der Waals surface area contributed by atoms with Crippen molar-refractivity contribution in [3.63, 3.8) is 0 Å². The van der Waals surface area contributed by atoms with Gasteiger partial charge in [0.1, 0.15) is 6.33 Å². The van der Waals surface area contributed by atoms with E-state index in [4.69, 9.17) is 0 Å². The van der Waals surface area contributed by atoms with Gasteiger partial charge in [-0.1, -0.05) is 0 Å². The zero-order chi connectivity index (χ0) is 5.82. The maximum absolute atomic E-state index is 3.73. The van der Waals surface area contributed by atoms with Crippen molar-refractivity contribution in [3.8, 4) is 0 Å². The molecule has 1 aromatic heterocycles. The summed E-state index contributed by atoms with van der Waals surface area (Å²) in [5.74, 6) is 0.542. The molecule has 0 bridgehead atoms. The van der Waals surface area contributed by atoms with E-state index in [9.17, 15) is 0 Å². The zero-order valence-corrected chi connectivity index (χ0v) is 4.42. The number of hydrogen-bond donors (Lipinski definition) is 1. The van der Waals surface area contributed by atoms with Crippen LogP contribution in [0.1, 0.15) is 0 Å². The predicted octanol–water partition coefficient (Wildman–Crippen LogP) is -0.287. The van der Waals surface area contributed by atoms with Crippen molar-refractivity contribution < 1.29 is 0 Å². The van der Waals surface area contributed by atoms with Crippen molar-refractivity contribution in [2.24, 2.45) is 0 Å². The predicted molar refractivity (Wildman–Crippen MR) is 28.2 cm³/mol. The second-order valence-corrected chi connectivity index (χ2v) is 1.16. The Hall–Kier alpha value is -1.19. The standard InChI is InChI=1S/C4H5N4/c1-5-4-7-2-6-3-8-4/h2H,1H3,(H,5,6,7,8). The molecule has 1 aromatic rings. The maximum Gasteiger partial charge on any atom is 0.226 e. The van der Waals surface area contributed by atoms with Crippen molar-refractivity contribution in [1.82, 2.24) is 15.0 Å². The maximum atomic E-state index is 3.73. The van der Waals surface area contributed by atoms with Gasteiger partial charge >= 0.3 is 0 Å². The van der Waals surface area contributed by atoms with Gasteiger partial charge in [0, 0.05) is 7.05 Å². The Bertz CT molecular complexity index is 149. The molecule has 0 aliphatic heterocycles. The van der Waals surface area contributed by atoms with Gasteiger partial charge in [-0.3, -0.25) is 0 Å². The molecule has 8 heavy (non-hydrogen) atoms. The summed E-state index contributed by atoms with van der Waals surface area (Å²) in [5.41, 5.74) is 0.